The molecule has 0 aromatic heterocycles. The van der Waals surface area contributed by atoms with Gasteiger partial charge in [0.1, 0.15) is 5.82 Å². The van der Waals surface area contributed by atoms with Gasteiger partial charge in [0.15, 0.2) is 0 Å². The zero-order valence-corrected chi connectivity index (χ0v) is 10.6. The monoisotopic (exact) mass is 243 g/mol. The lowest BCUT2D eigenvalue weighted by molar-refractivity contribution is 0.491. The van der Waals surface area contributed by atoms with Crippen LogP contribution >= 0.6 is 11.6 Å². The molecule has 0 fully saturated rings. The Morgan fingerprint density at radius 1 is 1.44 bits per heavy atom. The van der Waals surface area contributed by atoms with Gasteiger partial charge in [-0.1, -0.05) is 37.6 Å². The minimum Gasteiger partial charge on any atom is -0.317 e. The molecule has 0 aliphatic heterocycles. The predicted octanol–water partition coefficient (Wildman–Crippen LogP) is 3.66. The van der Waals surface area contributed by atoms with Crippen molar-refractivity contribution in [2.24, 2.45) is 5.92 Å². The highest BCUT2D eigenvalue weighted by Gasteiger charge is 2.09. The average molecular weight is 244 g/mol. The second-order valence-electron chi connectivity index (χ2n) is 4.16. The van der Waals surface area contributed by atoms with Gasteiger partial charge in [-0.15, -0.1) is 0 Å². The van der Waals surface area contributed by atoms with E-state index in [-0.39, 0.29) is 10.8 Å². The lowest BCUT2D eigenvalue weighted by Gasteiger charge is -2.12. The minimum atomic E-state index is -0.264. The molecule has 0 bridgehead atoms. The zero-order valence-electron chi connectivity index (χ0n) is 9.89. The Bertz CT molecular complexity index is 328. The van der Waals surface area contributed by atoms with Gasteiger partial charge in [0, 0.05) is 0 Å². The van der Waals surface area contributed by atoms with Crippen molar-refractivity contribution in [3.63, 3.8) is 0 Å². The minimum absolute atomic E-state index is 0.219. The van der Waals surface area contributed by atoms with Gasteiger partial charge in [0.25, 0.3) is 0 Å². The van der Waals surface area contributed by atoms with Crippen molar-refractivity contribution in [1.29, 1.82) is 0 Å². The summed E-state index contributed by atoms with van der Waals surface area (Å²) in [7, 11) is 0. The van der Waals surface area contributed by atoms with Crippen LogP contribution < -0.4 is 5.32 Å². The van der Waals surface area contributed by atoms with Gasteiger partial charge in [-0.05, 0) is 43.5 Å². The maximum Gasteiger partial charge on any atom is 0.144 e. The topological polar surface area (TPSA) is 12.0 Å². The van der Waals surface area contributed by atoms with Crippen molar-refractivity contribution in [1.82, 2.24) is 5.32 Å². The average Bonchev–Trinajstić information content (AvgIpc) is 2.25. The van der Waals surface area contributed by atoms with Gasteiger partial charge in [-0.2, -0.15) is 0 Å². The van der Waals surface area contributed by atoms with Crippen molar-refractivity contribution < 1.29 is 4.39 Å². The van der Waals surface area contributed by atoms with Gasteiger partial charge in [0.05, 0.1) is 5.02 Å². The van der Waals surface area contributed by atoms with Gasteiger partial charge in [-0.3, -0.25) is 0 Å². The Hall–Kier alpha value is -0.600. The quantitative estimate of drug-likeness (QED) is 0.752. The SMILES string of the molecule is CCNCCC(C)Cc1cccc(Cl)c1F. The number of hydrogen-bond acceptors (Lipinski definition) is 1. The number of hydrogen-bond donors (Lipinski definition) is 1. The van der Waals surface area contributed by atoms with Crippen LogP contribution in [0, 0.1) is 11.7 Å². The van der Waals surface area contributed by atoms with E-state index in [0.717, 1.165) is 31.5 Å². The Balaban J connectivity index is 2.49. The Kier molecular flexibility index (Phi) is 5.78. The molecule has 0 radical (unpaired) electrons. The highest BCUT2D eigenvalue weighted by molar-refractivity contribution is 6.30. The first-order chi connectivity index (χ1) is 7.65. The van der Waals surface area contributed by atoms with E-state index in [1.165, 1.54) is 0 Å². The second-order valence-corrected chi connectivity index (χ2v) is 4.57. The van der Waals surface area contributed by atoms with Gasteiger partial charge < -0.3 is 5.32 Å². The summed E-state index contributed by atoms with van der Waals surface area (Å²) >= 11 is 5.74. The molecule has 1 aromatic carbocycles. The van der Waals surface area contributed by atoms with Crippen molar-refractivity contribution in [3.05, 3.63) is 34.6 Å². The largest absolute Gasteiger partial charge is 0.317 e. The summed E-state index contributed by atoms with van der Waals surface area (Å²) in [6.07, 6.45) is 1.80. The molecule has 16 heavy (non-hydrogen) atoms. The molecule has 0 saturated heterocycles. The summed E-state index contributed by atoms with van der Waals surface area (Å²) in [5, 5.41) is 3.49. The molecule has 0 spiro atoms. The van der Waals surface area contributed by atoms with Crippen LogP contribution in [0.15, 0.2) is 18.2 Å². The van der Waals surface area contributed by atoms with Crippen LogP contribution in [0.1, 0.15) is 25.8 Å². The molecule has 1 rings (SSSR count). The number of rotatable bonds is 6. The van der Waals surface area contributed by atoms with E-state index in [2.05, 4.69) is 19.2 Å². The molecule has 0 heterocycles. The van der Waals surface area contributed by atoms with E-state index in [1.54, 1.807) is 12.1 Å². The van der Waals surface area contributed by atoms with Crippen molar-refractivity contribution in [3.8, 4) is 0 Å². The fraction of sp³-hybridized carbons (Fsp3) is 0.538. The van der Waals surface area contributed by atoms with E-state index in [0.29, 0.717) is 5.92 Å². The van der Waals surface area contributed by atoms with E-state index >= 15 is 0 Å². The number of nitrogens with one attached hydrogen (secondary N) is 1. The molecule has 0 saturated carbocycles. The highest BCUT2D eigenvalue weighted by Crippen LogP contribution is 2.21. The van der Waals surface area contributed by atoms with E-state index < -0.39 is 0 Å². The summed E-state index contributed by atoms with van der Waals surface area (Å²) in [5.74, 6) is 0.200. The van der Waals surface area contributed by atoms with Crippen LogP contribution in [0.5, 0.6) is 0 Å². The fourth-order valence-electron chi connectivity index (χ4n) is 1.71. The Morgan fingerprint density at radius 3 is 2.88 bits per heavy atom. The van der Waals surface area contributed by atoms with E-state index in [1.807, 2.05) is 6.07 Å². The van der Waals surface area contributed by atoms with E-state index in [9.17, 15) is 4.39 Å². The molecule has 0 amide bonds. The molecule has 3 heteroatoms. The predicted molar refractivity (Wildman–Crippen MR) is 67.4 cm³/mol. The maximum absolute atomic E-state index is 13.6. The maximum atomic E-state index is 13.6. The Labute approximate surface area is 102 Å². The van der Waals surface area contributed by atoms with Crippen molar-refractivity contribution in [2.45, 2.75) is 26.7 Å². The third-order valence-electron chi connectivity index (χ3n) is 2.66. The highest BCUT2D eigenvalue weighted by atomic mass is 35.5. The molecular formula is C13H19ClFN. The second kappa shape index (κ2) is 6.87. The first-order valence-corrected chi connectivity index (χ1v) is 6.16. The van der Waals surface area contributed by atoms with Crippen LogP contribution in [-0.2, 0) is 6.42 Å². The van der Waals surface area contributed by atoms with Crippen molar-refractivity contribution in [2.75, 3.05) is 13.1 Å². The van der Waals surface area contributed by atoms with Gasteiger partial charge in [-0.25, -0.2) is 4.39 Å². The molecule has 1 aromatic rings. The summed E-state index contributed by atoms with van der Waals surface area (Å²) < 4.78 is 13.6. The number of benzene rings is 1. The Morgan fingerprint density at radius 2 is 2.19 bits per heavy atom. The van der Waals surface area contributed by atoms with Crippen LogP contribution in [0.4, 0.5) is 4.39 Å². The molecule has 1 N–H and O–H groups in total. The lowest BCUT2D eigenvalue weighted by Crippen LogP contribution is -2.17. The van der Waals surface area contributed by atoms with E-state index in [4.69, 9.17) is 11.6 Å². The molecule has 0 aliphatic rings. The summed E-state index contributed by atoms with van der Waals surface area (Å²) in [6.45, 7) is 6.19. The zero-order chi connectivity index (χ0) is 12.0. The molecular weight excluding hydrogens is 225 g/mol. The summed E-state index contributed by atoms with van der Waals surface area (Å²) in [6, 6.07) is 5.20. The molecule has 1 atom stereocenters. The van der Waals surface area contributed by atoms with Crippen LogP contribution in [-0.4, -0.2) is 13.1 Å². The lowest BCUT2D eigenvalue weighted by atomic mass is 9.98. The first kappa shape index (κ1) is 13.5. The molecule has 0 aliphatic carbocycles. The van der Waals surface area contributed by atoms with Crippen LogP contribution in [0.25, 0.3) is 0 Å². The third kappa shape index (κ3) is 4.11. The normalized spacial score (nSPS) is 12.8. The molecule has 90 valence electrons. The van der Waals surface area contributed by atoms with Gasteiger partial charge in [0.2, 0.25) is 0 Å². The van der Waals surface area contributed by atoms with Gasteiger partial charge >= 0.3 is 0 Å². The molecule has 1 unspecified atom stereocenters. The third-order valence-corrected chi connectivity index (χ3v) is 2.96. The van der Waals surface area contributed by atoms with Crippen LogP contribution in [0.3, 0.4) is 0 Å². The standard InChI is InChI=1S/C13H19ClFN/c1-3-16-8-7-10(2)9-11-5-4-6-12(14)13(11)15/h4-6,10,16H,3,7-9H2,1-2H3. The smallest absolute Gasteiger partial charge is 0.144 e. The number of halogens is 2. The van der Waals surface area contributed by atoms with Crippen molar-refractivity contribution >= 4 is 11.6 Å². The first-order valence-electron chi connectivity index (χ1n) is 5.78. The van der Waals surface area contributed by atoms with Crippen LogP contribution in [0.2, 0.25) is 5.02 Å². The fourth-order valence-corrected chi connectivity index (χ4v) is 1.90. The summed E-state index contributed by atoms with van der Waals surface area (Å²) in [5.41, 5.74) is 0.719. The summed E-state index contributed by atoms with van der Waals surface area (Å²) in [4.78, 5) is 0. The molecule has 1 nitrogen and oxygen atoms in total.